The van der Waals surface area contributed by atoms with E-state index in [-0.39, 0.29) is 12.2 Å². The Labute approximate surface area is 127 Å². The second kappa shape index (κ2) is 8.34. The van der Waals surface area contributed by atoms with E-state index in [1.165, 1.54) is 11.3 Å². The Morgan fingerprint density at radius 2 is 1.67 bits per heavy atom. The van der Waals surface area contributed by atoms with E-state index < -0.39 is 0 Å². The number of nitrogens with one attached hydrogen (secondary N) is 1. The molecule has 1 fully saturated rings. The third kappa shape index (κ3) is 4.41. The van der Waals surface area contributed by atoms with Crippen molar-refractivity contribution in [1.82, 2.24) is 5.32 Å². The number of methoxy groups -OCH3 is 3. The first kappa shape index (κ1) is 16.2. The van der Waals surface area contributed by atoms with Crippen LogP contribution in [0.2, 0.25) is 0 Å². The fourth-order valence-corrected chi connectivity index (χ4v) is 2.64. The molecule has 0 bridgehead atoms. The van der Waals surface area contributed by atoms with Crippen molar-refractivity contribution < 1.29 is 14.2 Å². The maximum absolute atomic E-state index is 5.48. The summed E-state index contributed by atoms with van der Waals surface area (Å²) in [5.41, 5.74) is 2.50. The van der Waals surface area contributed by atoms with E-state index in [1.54, 1.807) is 21.3 Å². The van der Waals surface area contributed by atoms with E-state index in [0.717, 1.165) is 32.8 Å². The van der Waals surface area contributed by atoms with Crippen molar-refractivity contribution in [3.63, 3.8) is 0 Å². The van der Waals surface area contributed by atoms with Crippen LogP contribution in [-0.4, -0.2) is 59.8 Å². The molecule has 2 atom stereocenters. The Morgan fingerprint density at radius 3 is 2.19 bits per heavy atom. The van der Waals surface area contributed by atoms with Gasteiger partial charge in [0.1, 0.15) is 12.2 Å². The van der Waals surface area contributed by atoms with E-state index in [2.05, 4.69) is 34.5 Å². The molecule has 0 saturated carbocycles. The number of nitrogens with zero attached hydrogens (tertiary/aromatic N) is 1. The Bertz CT molecular complexity index is 398. The van der Waals surface area contributed by atoms with Crippen LogP contribution in [0.25, 0.3) is 0 Å². The monoisotopic (exact) mass is 294 g/mol. The van der Waals surface area contributed by atoms with Gasteiger partial charge in [0.05, 0.1) is 6.61 Å². The van der Waals surface area contributed by atoms with E-state index in [4.69, 9.17) is 14.2 Å². The van der Waals surface area contributed by atoms with Gasteiger partial charge in [-0.05, 0) is 17.7 Å². The van der Waals surface area contributed by atoms with Crippen molar-refractivity contribution in [2.24, 2.45) is 0 Å². The quantitative estimate of drug-likeness (QED) is 0.732. The van der Waals surface area contributed by atoms with Crippen LogP contribution in [0.15, 0.2) is 24.3 Å². The van der Waals surface area contributed by atoms with Crippen LogP contribution < -0.4 is 10.2 Å². The summed E-state index contributed by atoms with van der Waals surface area (Å²) >= 11 is 0. The smallest absolute Gasteiger partial charge is 0.102 e. The molecule has 2 unspecified atom stereocenters. The van der Waals surface area contributed by atoms with Gasteiger partial charge in [-0.1, -0.05) is 12.1 Å². The topological polar surface area (TPSA) is 43.0 Å². The maximum Gasteiger partial charge on any atom is 0.102 e. The lowest BCUT2D eigenvalue weighted by Crippen LogP contribution is -2.27. The minimum Gasteiger partial charge on any atom is -0.383 e. The number of anilines is 1. The summed E-state index contributed by atoms with van der Waals surface area (Å²) in [6.45, 7) is 4.23. The fraction of sp³-hybridized carbons (Fsp3) is 0.625. The summed E-state index contributed by atoms with van der Waals surface area (Å²) in [7, 11) is 5.21. The standard InChI is InChI=1S/C16H26N2O3/c1-19-9-8-17-10-13-4-6-14(7-5-13)18-11-15(20-2)16(12-18)21-3/h4-7,15-17H,8-12H2,1-3H3. The van der Waals surface area contributed by atoms with Crippen molar-refractivity contribution in [2.45, 2.75) is 18.8 Å². The molecular weight excluding hydrogens is 268 g/mol. The van der Waals surface area contributed by atoms with Crippen LogP contribution in [0.5, 0.6) is 0 Å². The summed E-state index contributed by atoms with van der Waals surface area (Å²) in [6, 6.07) is 8.66. The second-order valence-corrected chi connectivity index (χ2v) is 5.29. The van der Waals surface area contributed by atoms with Crippen molar-refractivity contribution in [3.8, 4) is 0 Å². The Kier molecular flexibility index (Phi) is 6.45. The molecule has 1 aromatic carbocycles. The highest BCUT2D eigenvalue weighted by Gasteiger charge is 2.32. The van der Waals surface area contributed by atoms with Gasteiger partial charge in [-0.3, -0.25) is 0 Å². The van der Waals surface area contributed by atoms with Gasteiger partial charge >= 0.3 is 0 Å². The van der Waals surface area contributed by atoms with E-state index >= 15 is 0 Å². The maximum atomic E-state index is 5.48. The molecule has 1 heterocycles. The van der Waals surface area contributed by atoms with E-state index in [1.807, 2.05) is 0 Å². The molecule has 1 aliphatic rings. The Morgan fingerprint density at radius 1 is 1.05 bits per heavy atom. The van der Waals surface area contributed by atoms with Crippen molar-refractivity contribution in [2.75, 3.05) is 52.5 Å². The molecule has 0 aliphatic carbocycles. The number of hydrogen-bond acceptors (Lipinski definition) is 5. The molecule has 1 saturated heterocycles. The Hall–Kier alpha value is -1.14. The number of benzene rings is 1. The average Bonchev–Trinajstić information content (AvgIpc) is 2.95. The van der Waals surface area contributed by atoms with Gasteiger partial charge in [-0.25, -0.2) is 0 Å². The van der Waals surface area contributed by atoms with Crippen molar-refractivity contribution in [3.05, 3.63) is 29.8 Å². The number of hydrogen-bond donors (Lipinski definition) is 1. The zero-order chi connectivity index (χ0) is 15.1. The van der Waals surface area contributed by atoms with Crippen LogP contribution in [0.4, 0.5) is 5.69 Å². The molecule has 5 heteroatoms. The molecule has 0 amide bonds. The highest BCUT2D eigenvalue weighted by Crippen LogP contribution is 2.23. The van der Waals surface area contributed by atoms with Gasteiger partial charge in [0.2, 0.25) is 0 Å². The minimum absolute atomic E-state index is 0.144. The second-order valence-electron chi connectivity index (χ2n) is 5.29. The first-order valence-electron chi connectivity index (χ1n) is 7.37. The lowest BCUT2D eigenvalue weighted by molar-refractivity contribution is -0.00461. The molecule has 1 aliphatic heterocycles. The molecule has 118 valence electrons. The molecule has 0 aromatic heterocycles. The fourth-order valence-electron chi connectivity index (χ4n) is 2.64. The predicted molar refractivity (Wildman–Crippen MR) is 83.8 cm³/mol. The molecule has 0 radical (unpaired) electrons. The molecule has 21 heavy (non-hydrogen) atoms. The number of rotatable bonds is 8. The van der Waals surface area contributed by atoms with Gasteiger partial charge in [-0.15, -0.1) is 0 Å². The highest BCUT2D eigenvalue weighted by molar-refractivity contribution is 5.49. The van der Waals surface area contributed by atoms with Crippen LogP contribution in [0.1, 0.15) is 5.56 Å². The van der Waals surface area contributed by atoms with Crippen LogP contribution >= 0.6 is 0 Å². The summed E-state index contributed by atoms with van der Waals surface area (Å²) in [5.74, 6) is 0. The highest BCUT2D eigenvalue weighted by atomic mass is 16.5. The SMILES string of the molecule is COCCNCc1ccc(N2CC(OC)C(OC)C2)cc1. The first-order valence-corrected chi connectivity index (χ1v) is 7.37. The predicted octanol–water partition coefficient (Wildman–Crippen LogP) is 1.27. The van der Waals surface area contributed by atoms with Crippen molar-refractivity contribution in [1.29, 1.82) is 0 Å². The van der Waals surface area contributed by atoms with Gasteiger partial charge in [-0.2, -0.15) is 0 Å². The summed E-state index contributed by atoms with van der Waals surface area (Å²) in [6.07, 6.45) is 0.288. The van der Waals surface area contributed by atoms with E-state index in [9.17, 15) is 0 Å². The van der Waals surface area contributed by atoms with Gasteiger partial charge in [0.25, 0.3) is 0 Å². The van der Waals surface area contributed by atoms with E-state index in [0.29, 0.717) is 0 Å². The molecule has 1 aromatic rings. The van der Waals surface area contributed by atoms with Crippen LogP contribution in [0, 0.1) is 0 Å². The third-order valence-electron chi connectivity index (χ3n) is 3.93. The summed E-state index contributed by atoms with van der Waals surface area (Å²) in [5, 5.41) is 3.35. The number of ether oxygens (including phenoxy) is 3. The summed E-state index contributed by atoms with van der Waals surface area (Å²) in [4.78, 5) is 2.31. The lowest BCUT2D eigenvalue weighted by Gasteiger charge is -2.18. The molecule has 5 nitrogen and oxygen atoms in total. The molecule has 0 spiro atoms. The third-order valence-corrected chi connectivity index (χ3v) is 3.93. The van der Waals surface area contributed by atoms with Crippen LogP contribution in [-0.2, 0) is 20.8 Å². The van der Waals surface area contributed by atoms with Gasteiger partial charge < -0.3 is 24.4 Å². The Balaban J connectivity index is 1.87. The largest absolute Gasteiger partial charge is 0.383 e. The summed E-state index contributed by atoms with van der Waals surface area (Å²) < 4.78 is 16.0. The lowest BCUT2D eigenvalue weighted by atomic mass is 10.2. The average molecular weight is 294 g/mol. The first-order chi connectivity index (χ1) is 10.3. The zero-order valence-electron chi connectivity index (χ0n) is 13.2. The molecule has 1 N–H and O–H groups in total. The van der Waals surface area contributed by atoms with Crippen molar-refractivity contribution >= 4 is 5.69 Å². The van der Waals surface area contributed by atoms with Gasteiger partial charge in [0, 0.05) is 53.2 Å². The minimum atomic E-state index is 0.144. The molecular formula is C16H26N2O3. The molecule has 2 rings (SSSR count). The zero-order valence-corrected chi connectivity index (χ0v) is 13.2. The van der Waals surface area contributed by atoms with Gasteiger partial charge in [0.15, 0.2) is 0 Å². The van der Waals surface area contributed by atoms with Crippen LogP contribution in [0.3, 0.4) is 0 Å². The normalized spacial score (nSPS) is 22.0.